The van der Waals surface area contributed by atoms with Crippen LogP contribution in [0.5, 0.6) is 0 Å². The number of hydrogen-bond donors (Lipinski definition) is 2. The number of nitrogens with one attached hydrogen (secondary N) is 2. The Morgan fingerprint density at radius 1 is 1.26 bits per heavy atom. The number of hydrogen-bond acceptors (Lipinski definition) is 5. The fourth-order valence-electron chi connectivity index (χ4n) is 2.17. The first kappa shape index (κ1) is 17.0. The number of carbonyl (C=O) groups is 3. The van der Waals surface area contributed by atoms with E-state index < -0.39 is 12.1 Å². The van der Waals surface area contributed by atoms with Crippen LogP contribution < -0.4 is 10.6 Å². The molecule has 2 amide bonds. The summed E-state index contributed by atoms with van der Waals surface area (Å²) < 4.78 is 10.1. The summed E-state index contributed by atoms with van der Waals surface area (Å²) in [5, 5.41) is 5.18. The number of esters is 1. The van der Waals surface area contributed by atoms with Crippen LogP contribution in [-0.2, 0) is 19.1 Å². The minimum absolute atomic E-state index is 0.127. The topological polar surface area (TPSA) is 93.7 Å². The molecule has 1 atom stereocenters. The van der Waals surface area contributed by atoms with Gasteiger partial charge in [-0.05, 0) is 44.0 Å². The van der Waals surface area contributed by atoms with E-state index in [1.54, 1.807) is 31.2 Å². The van der Waals surface area contributed by atoms with Crippen LogP contribution in [0.3, 0.4) is 0 Å². The molecule has 0 radical (unpaired) electrons. The third-order valence-electron chi connectivity index (χ3n) is 3.33. The van der Waals surface area contributed by atoms with Gasteiger partial charge >= 0.3 is 5.97 Å². The molecule has 7 nitrogen and oxygen atoms in total. The molecule has 0 saturated carbocycles. The molecule has 23 heavy (non-hydrogen) atoms. The second kappa shape index (κ2) is 8.28. The Hall–Kier alpha value is -2.41. The maximum Gasteiger partial charge on any atom is 0.338 e. The van der Waals surface area contributed by atoms with Gasteiger partial charge < -0.3 is 20.1 Å². The van der Waals surface area contributed by atoms with E-state index in [9.17, 15) is 14.4 Å². The maximum absolute atomic E-state index is 11.8. The molecular weight excluding hydrogens is 300 g/mol. The second-order valence-corrected chi connectivity index (χ2v) is 5.07. The van der Waals surface area contributed by atoms with Gasteiger partial charge in [0.15, 0.2) is 0 Å². The predicted molar refractivity (Wildman–Crippen MR) is 83.0 cm³/mol. The smallest absolute Gasteiger partial charge is 0.338 e. The number of rotatable bonds is 6. The molecule has 0 spiro atoms. The van der Waals surface area contributed by atoms with Crippen molar-refractivity contribution in [2.75, 3.05) is 25.1 Å². The third-order valence-corrected chi connectivity index (χ3v) is 3.33. The highest BCUT2D eigenvalue weighted by molar-refractivity contribution is 5.96. The fraction of sp³-hybridized carbons (Fsp3) is 0.438. The Labute approximate surface area is 134 Å². The number of amides is 2. The van der Waals surface area contributed by atoms with Gasteiger partial charge in [0, 0.05) is 12.3 Å². The summed E-state index contributed by atoms with van der Waals surface area (Å²) in [5.74, 6) is -1.02. The van der Waals surface area contributed by atoms with Crippen molar-refractivity contribution in [2.24, 2.45) is 0 Å². The summed E-state index contributed by atoms with van der Waals surface area (Å²) in [4.78, 5) is 35.0. The average Bonchev–Trinajstić information content (AvgIpc) is 3.08. The van der Waals surface area contributed by atoms with Crippen LogP contribution >= 0.6 is 0 Å². The molecule has 1 heterocycles. The van der Waals surface area contributed by atoms with E-state index in [0.29, 0.717) is 30.9 Å². The lowest BCUT2D eigenvalue weighted by molar-refractivity contribution is -0.131. The number of carbonyl (C=O) groups excluding carboxylic acids is 3. The molecule has 1 aromatic rings. The van der Waals surface area contributed by atoms with Crippen LogP contribution in [0.15, 0.2) is 24.3 Å². The van der Waals surface area contributed by atoms with Gasteiger partial charge in [-0.3, -0.25) is 9.59 Å². The van der Waals surface area contributed by atoms with E-state index in [2.05, 4.69) is 10.6 Å². The molecule has 0 bridgehead atoms. The largest absolute Gasteiger partial charge is 0.462 e. The van der Waals surface area contributed by atoms with Crippen molar-refractivity contribution in [3.63, 3.8) is 0 Å². The van der Waals surface area contributed by atoms with Crippen LogP contribution in [0.2, 0.25) is 0 Å². The average molecular weight is 320 g/mol. The minimum atomic E-state index is -0.452. The molecule has 1 unspecified atom stereocenters. The van der Waals surface area contributed by atoms with Crippen molar-refractivity contribution in [3.8, 4) is 0 Å². The van der Waals surface area contributed by atoms with Gasteiger partial charge in [-0.2, -0.15) is 0 Å². The number of anilines is 1. The van der Waals surface area contributed by atoms with Crippen molar-refractivity contribution in [3.05, 3.63) is 29.8 Å². The molecule has 1 aliphatic heterocycles. The zero-order valence-electron chi connectivity index (χ0n) is 13.0. The summed E-state index contributed by atoms with van der Waals surface area (Å²) in [6.07, 6.45) is 1.09. The first-order valence-electron chi connectivity index (χ1n) is 7.56. The third kappa shape index (κ3) is 5.07. The van der Waals surface area contributed by atoms with E-state index in [0.717, 1.165) is 6.42 Å². The highest BCUT2D eigenvalue weighted by Crippen LogP contribution is 2.12. The Morgan fingerprint density at radius 3 is 2.61 bits per heavy atom. The quantitative estimate of drug-likeness (QED) is 0.766. The zero-order valence-corrected chi connectivity index (χ0v) is 13.0. The van der Waals surface area contributed by atoms with Gasteiger partial charge in [-0.1, -0.05) is 0 Å². The molecule has 7 heteroatoms. The molecule has 1 fully saturated rings. The van der Waals surface area contributed by atoms with Crippen molar-refractivity contribution in [1.82, 2.24) is 5.32 Å². The minimum Gasteiger partial charge on any atom is -0.462 e. The lowest BCUT2D eigenvalue weighted by atomic mass is 10.2. The predicted octanol–water partition coefficient (Wildman–Crippen LogP) is 1.10. The van der Waals surface area contributed by atoms with Crippen molar-refractivity contribution < 1.29 is 23.9 Å². The van der Waals surface area contributed by atoms with Crippen LogP contribution in [0.1, 0.15) is 30.1 Å². The van der Waals surface area contributed by atoms with Crippen LogP contribution in [0.4, 0.5) is 5.69 Å². The lowest BCUT2D eigenvalue weighted by Gasteiger charge is -2.10. The van der Waals surface area contributed by atoms with Gasteiger partial charge in [0.25, 0.3) is 0 Å². The highest BCUT2D eigenvalue weighted by atomic mass is 16.5. The molecule has 124 valence electrons. The molecule has 0 aliphatic carbocycles. The van der Waals surface area contributed by atoms with Crippen molar-refractivity contribution >= 4 is 23.5 Å². The number of ether oxygens (including phenoxy) is 2. The van der Waals surface area contributed by atoms with Gasteiger partial charge in [0.05, 0.1) is 18.7 Å². The van der Waals surface area contributed by atoms with Gasteiger partial charge in [0.1, 0.15) is 6.10 Å². The molecule has 1 aliphatic rings. The summed E-state index contributed by atoms with van der Waals surface area (Å²) in [6.45, 7) is 2.49. The SMILES string of the molecule is CCOC(=O)c1ccc(NC(=O)CNC(=O)C2CCCO2)cc1. The molecule has 0 aromatic heterocycles. The molecular formula is C16H20N2O5. The summed E-state index contributed by atoms with van der Waals surface area (Å²) in [7, 11) is 0. The van der Waals surface area contributed by atoms with E-state index in [-0.39, 0.29) is 18.4 Å². The highest BCUT2D eigenvalue weighted by Gasteiger charge is 2.23. The standard InChI is InChI=1S/C16H20N2O5/c1-2-22-16(21)11-5-7-12(8-6-11)18-14(19)10-17-15(20)13-4-3-9-23-13/h5-8,13H,2-4,9-10H2,1H3,(H,17,20)(H,18,19). The molecule has 1 aromatic carbocycles. The van der Waals surface area contributed by atoms with Gasteiger partial charge in [-0.25, -0.2) is 4.79 Å². The van der Waals surface area contributed by atoms with E-state index in [1.165, 1.54) is 0 Å². The molecule has 2 N–H and O–H groups in total. The number of benzene rings is 1. The molecule has 1 saturated heterocycles. The monoisotopic (exact) mass is 320 g/mol. The Balaban J connectivity index is 1.78. The van der Waals surface area contributed by atoms with Crippen molar-refractivity contribution in [1.29, 1.82) is 0 Å². The van der Waals surface area contributed by atoms with E-state index in [1.807, 2.05) is 0 Å². The maximum atomic E-state index is 11.8. The van der Waals surface area contributed by atoms with E-state index in [4.69, 9.17) is 9.47 Å². The Kier molecular flexibility index (Phi) is 6.10. The summed E-state index contributed by atoms with van der Waals surface area (Å²) >= 11 is 0. The first-order chi connectivity index (χ1) is 11.1. The van der Waals surface area contributed by atoms with Crippen LogP contribution in [0.25, 0.3) is 0 Å². The Morgan fingerprint density at radius 2 is 2.00 bits per heavy atom. The molecule has 2 rings (SSSR count). The lowest BCUT2D eigenvalue weighted by Crippen LogP contribution is -2.39. The fourth-order valence-corrected chi connectivity index (χ4v) is 2.17. The second-order valence-electron chi connectivity index (χ2n) is 5.07. The Bertz CT molecular complexity index is 564. The van der Waals surface area contributed by atoms with Crippen LogP contribution in [0, 0.1) is 0 Å². The summed E-state index contributed by atoms with van der Waals surface area (Å²) in [6, 6.07) is 6.34. The van der Waals surface area contributed by atoms with Gasteiger partial charge in [0.2, 0.25) is 11.8 Å². The van der Waals surface area contributed by atoms with Gasteiger partial charge in [-0.15, -0.1) is 0 Å². The summed E-state index contributed by atoms with van der Waals surface area (Å²) in [5.41, 5.74) is 0.950. The van der Waals surface area contributed by atoms with Crippen LogP contribution in [-0.4, -0.2) is 43.6 Å². The zero-order chi connectivity index (χ0) is 16.7. The first-order valence-corrected chi connectivity index (χ1v) is 7.56. The van der Waals surface area contributed by atoms with Crippen molar-refractivity contribution in [2.45, 2.75) is 25.9 Å². The van der Waals surface area contributed by atoms with E-state index >= 15 is 0 Å². The normalized spacial score (nSPS) is 16.7.